The second-order valence-corrected chi connectivity index (χ2v) is 4.01. The normalized spacial score (nSPS) is 10.2. The quantitative estimate of drug-likeness (QED) is 0.733. The molecule has 0 heterocycles. The molecular weight excluding hydrogens is 212 g/mol. The van der Waals surface area contributed by atoms with Crippen molar-refractivity contribution in [2.75, 3.05) is 26.2 Å². The van der Waals surface area contributed by atoms with E-state index in [1.54, 1.807) is 0 Å². The summed E-state index contributed by atoms with van der Waals surface area (Å²) in [6.07, 6.45) is 0.991. The molecule has 0 aliphatic carbocycles. The molecule has 1 aromatic rings. The summed E-state index contributed by atoms with van der Waals surface area (Å²) < 4.78 is 0. The van der Waals surface area contributed by atoms with E-state index < -0.39 is 0 Å². The largest absolute Gasteiger partial charge is 0.337 e. The Balaban J connectivity index is 2.60. The lowest BCUT2D eigenvalue weighted by molar-refractivity contribution is 0.0757. The minimum Gasteiger partial charge on any atom is -0.337 e. The average Bonchev–Trinajstić information content (AvgIpc) is 2.38. The number of nitrogens with one attached hydrogen (secondary N) is 1. The van der Waals surface area contributed by atoms with Gasteiger partial charge >= 0.3 is 0 Å². The van der Waals surface area contributed by atoms with Crippen molar-refractivity contribution in [1.82, 2.24) is 10.2 Å². The number of benzene rings is 1. The van der Waals surface area contributed by atoms with Crippen LogP contribution in [0.3, 0.4) is 0 Å². The van der Waals surface area contributed by atoms with E-state index in [1.165, 1.54) is 0 Å². The predicted octanol–water partition coefficient (Wildman–Crippen LogP) is 2.15. The molecule has 0 aliphatic heterocycles. The standard InChI is InChI=1S/C14H22N2O/c1-3-11-16(12-10-15-4-2)14(17)13-8-6-5-7-9-13/h5-9,15H,3-4,10-12H2,1-2H3. The molecule has 0 spiro atoms. The second-order valence-electron chi connectivity index (χ2n) is 4.01. The number of likely N-dealkylation sites (N-methyl/N-ethyl adjacent to an activating group) is 1. The van der Waals surface area contributed by atoms with Crippen LogP contribution in [-0.4, -0.2) is 37.0 Å². The third-order valence-electron chi connectivity index (χ3n) is 2.61. The molecule has 3 heteroatoms. The summed E-state index contributed by atoms with van der Waals surface area (Å²) in [6.45, 7) is 7.56. The van der Waals surface area contributed by atoms with Gasteiger partial charge in [-0.15, -0.1) is 0 Å². The molecule has 94 valence electrons. The fourth-order valence-corrected chi connectivity index (χ4v) is 1.74. The molecule has 1 amide bonds. The summed E-state index contributed by atoms with van der Waals surface area (Å²) in [7, 11) is 0. The molecule has 0 bridgehead atoms. The van der Waals surface area contributed by atoms with E-state index in [4.69, 9.17) is 0 Å². The van der Waals surface area contributed by atoms with Crippen LogP contribution in [0.1, 0.15) is 30.6 Å². The molecule has 0 aromatic heterocycles. The van der Waals surface area contributed by atoms with Crippen molar-refractivity contribution >= 4 is 5.91 Å². The van der Waals surface area contributed by atoms with Gasteiger partial charge in [-0.3, -0.25) is 4.79 Å². The number of rotatable bonds is 7. The van der Waals surface area contributed by atoms with E-state index in [0.29, 0.717) is 0 Å². The molecule has 1 rings (SSSR count). The maximum Gasteiger partial charge on any atom is 0.253 e. The van der Waals surface area contributed by atoms with Gasteiger partial charge in [-0.25, -0.2) is 0 Å². The molecule has 0 saturated carbocycles. The first-order chi connectivity index (χ1) is 8.29. The lowest BCUT2D eigenvalue weighted by atomic mass is 10.2. The van der Waals surface area contributed by atoms with Crippen molar-refractivity contribution in [1.29, 1.82) is 0 Å². The van der Waals surface area contributed by atoms with Gasteiger partial charge in [0.25, 0.3) is 5.91 Å². The highest BCUT2D eigenvalue weighted by molar-refractivity contribution is 5.94. The number of carbonyl (C=O) groups is 1. The Labute approximate surface area is 104 Å². The molecule has 3 nitrogen and oxygen atoms in total. The Morgan fingerprint density at radius 3 is 2.47 bits per heavy atom. The number of nitrogens with zero attached hydrogens (tertiary/aromatic N) is 1. The van der Waals surface area contributed by atoms with Crippen molar-refractivity contribution in [3.8, 4) is 0 Å². The van der Waals surface area contributed by atoms with Gasteiger partial charge in [0.05, 0.1) is 0 Å². The Morgan fingerprint density at radius 2 is 1.88 bits per heavy atom. The van der Waals surface area contributed by atoms with E-state index in [-0.39, 0.29) is 5.91 Å². The monoisotopic (exact) mass is 234 g/mol. The highest BCUT2D eigenvalue weighted by atomic mass is 16.2. The molecule has 0 unspecified atom stereocenters. The Kier molecular flexibility index (Phi) is 6.33. The zero-order chi connectivity index (χ0) is 12.5. The first-order valence-electron chi connectivity index (χ1n) is 6.34. The lowest BCUT2D eigenvalue weighted by Gasteiger charge is -2.22. The first-order valence-corrected chi connectivity index (χ1v) is 6.34. The molecule has 1 N–H and O–H groups in total. The Bertz CT molecular complexity index is 324. The number of carbonyl (C=O) groups excluding carboxylic acids is 1. The fraction of sp³-hybridized carbons (Fsp3) is 0.500. The second kappa shape index (κ2) is 7.85. The van der Waals surface area contributed by atoms with Crippen molar-refractivity contribution in [2.45, 2.75) is 20.3 Å². The zero-order valence-electron chi connectivity index (χ0n) is 10.8. The maximum absolute atomic E-state index is 12.2. The van der Waals surface area contributed by atoms with Crippen molar-refractivity contribution in [3.63, 3.8) is 0 Å². The van der Waals surface area contributed by atoms with E-state index in [9.17, 15) is 4.79 Å². The maximum atomic E-state index is 12.2. The fourth-order valence-electron chi connectivity index (χ4n) is 1.74. The van der Waals surface area contributed by atoms with Crippen LogP contribution in [-0.2, 0) is 0 Å². The van der Waals surface area contributed by atoms with Crippen LogP contribution in [0.25, 0.3) is 0 Å². The smallest absolute Gasteiger partial charge is 0.253 e. The topological polar surface area (TPSA) is 32.3 Å². The average molecular weight is 234 g/mol. The van der Waals surface area contributed by atoms with Crippen LogP contribution >= 0.6 is 0 Å². The zero-order valence-corrected chi connectivity index (χ0v) is 10.8. The van der Waals surface area contributed by atoms with Crippen LogP contribution < -0.4 is 5.32 Å². The van der Waals surface area contributed by atoms with E-state index in [0.717, 1.165) is 38.2 Å². The van der Waals surface area contributed by atoms with Crippen LogP contribution in [0.4, 0.5) is 0 Å². The van der Waals surface area contributed by atoms with Gasteiger partial charge in [0.15, 0.2) is 0 Å². The molecule has 0 aliphatic rings. The number of hydrogen-bond acceptors (Lipinski definition) is 2. The third-order valence-corrected chi connectivity index (χ3v) is 2.61. The highest BCUT2D eigenvalue weighted by Gasteiger charge is 2.13. The summed E-state index contributed by atoms with van der Waals surface area (Å²) in [5.74, 6) is 0.130. The molecule has 0 radical (unpaired) electrons. The first kappa shape index (κ1) is 13.7. The van der Waals surface area contributed by atoms with Gasteiger partial charge in [-0.1, -0.05) is 32.0 Å². The van der Waals surface area contributed by atoms with Gasteiger partial charge in [0.1, 0.15) is 0 Å². The minimum absolute atomic E-state index is 0.130. The summed E-state index contributed by atoms with van der Waals surface area (Å²) >= 11 is 0. The predicted molar refractivity (Wildman–Crippen MR) is 71.2 cm³/mol. The van der Waals surface area contributed by atoms with Crippen LogP contribution in [0, 0.1) is 0 Å². The number of hydrogen-bond donors (Lipinski definition) is 1. The summed E-state index contributed by atoms with van der Waals surface area (Å²) in [4.78, 5) is 14.1. The van der Waals surface area contributed by atoms with Crippen molar-refractivity contribution < 1.29 is 4.79 Å². The molecule has 0 atom stereocenters. The molecule has 1 aromatic carbocycles. The SMILES string of the molecule is CCCN(CCNCC)C(=O)c1ccccc1. The van der Waals surface area contributed by atoms with E-state index in [2.05, 4.69) is 19.2 Å². The molecule has 17 heavy (non-hydrogen) atoms. The molecule has 0 saturated heterocycles. The Morgan fingerprint density at radius 1 is 1.18 bits per heavy atom. The van der Waals surface area contributed by atoms with Crippen molar-refractivity contribution in [2.24, 2.45) is 0 Å². The Hall–Kier alpha value is -1.35. The highest BCUT2D eigenvalue weighted by Crippen LogP contribution is 2.04. The van der Waals surface area contributed by atoms with E-state index in [1.807, 2.05) is 35.2 Å². The van der Waals surface area contributed by atoms with Gasteiger partial charge in [-0.05, 0) is 25.1 Å². The van der Waals surface area contributed by atoms with Crippen molar-refractivity contribution in [3.05, 3.63) is 35.9 Å². The van der Waals surface area contributed by atoms with Crippen LogP contribution in [0.15, 0.2) is 30.3 Å². The van der Waals surface area contributed by atoms with Crippen LogP contribution in [0.5, 0.6) is 0 Å². The van der Waals surface area contributed by atoms with Crippen LogP contribution in [0.2, 0.25) is 0 Å². The summed E-state index contributed by atoms with van der Waals surface area (Å²) in [5.41, 5.74) is 0.775. The molecular formula is C14H22N2O. The summed E-state index contributed by atoms with van der Waals surface area (Å²) in [6, 6.07) is 9.49. The summed E-state index contributed by atoms with van der Waals surface area (Å²) in [5, 5.41) is 3.25. The number of amides is 1. The van der Waals surface area contributed by atoms with Gasteiger partial charge in [-0.2, -0.15) is 0 Å². The van der Waals surface area contributed by atoms with E-state index >= 15 is 0 Å². The lowest BCUT2D eigenvalue weighted by Crippen LogP contribution is -2.37. The third kappa shape index (κ3) is 4.57. The van der Waals surface area contributed by atoms with Gasteiger partial charge < -0.3 is 10.2 Å². The minimum atomic E-state index is 0.130. The van der Waals surface area contributed by atoms with Gasteiger partial charge in [0, 0.05) is 25.2 Å². The van der Waals surface area contributed by atoms with Gasteiger partial charge in [0.2, 0.25) is 0 Å². The molecule has 0 fully saturated rings.